The highest BCUT2D eigenvalue weighted by Gasteiger charge is 2.03. The van der Waals surface area contributed by atoms with E-state index >= 15 is 0 Å². The normalized spacial score (nSPS) is 10.8. The lowest BCUT2D eigenvalue weighted by molar-refractivity contribution is 1.17. The summed E-state index contributed by atoms with van der Waals surface area (Å²) in [7, 11) is 0. The summed E-state index contributed by atoms with van der Waals surface area (Å²) in [5, 5.41) is 3.26. The summed E-state index contributed by atoms with van der Waals surface area (Å²) in [4.78, 5) is 11.8. The van der Waals surface area contributed by atoms with Gasteiger partial charge in [-0.15, -0.1) is 0 Å². The fourth-order valence-corrected chi connectivity index (χ4v) is 2.00. The zero-order chi connectivity index (χ0) is 13.4. The third-order valence-corrected chi connectivity index (χ3v) is 3.02. The molecule has 0 radical (unpaired) electrons. The molecule has 19 heavy (non-hydrogen) atoms. The minimum atomic E-state index is 0.699. The molecule has 3 rings (SSSR count). The maximum absolute atomic E-state index is 5.76. The Labute approximate surface area is 110 Å². The first-order valence-corrected chi connectivity index (χ1v) is 6.07. The van der Waals surface area contributed by atoms with Crippen LogP contribution in [0, 0.1) is 13.8 Å². The highest BCUT2D eigenvalue weighted by molar-refractivity contribution is 5.80. The zero-order valence-electron chi connectivity index (χ0n) is 10.9. The lowest BCUT2D eigenvalue weighted by Crippen LogP contribution is -1.97. The molecule has 0 saturated heterocycles. The van der Waals surface area contributed by atoms with E-state index in [2.05, 4.69) is 20.3 Å². The summed E-state index contributed by atoms with van der Waals surface area (Å²) in [6, 6.07) is 7.90. The number of hydrogen-bond donors (Lipinski definition) is 3. The van der Waals surface area contributed by atoms with Crippen molar-refractivity contribution in [1.29, 1.82) is 0 Å². The third-order valence-electron chi connectivity index (χ3n) is 3.02. The fourth-order valence-electron chi connectivity index (χ4n) is 2.00. The van der Waals surface area contributed by atoms with Crippen LogP contribution in [0.5, 0.6) is 0 Å². The molecule has 5 nitrogen and oxygen atoms in total. The van der Waals surface area contributed by atoms with Gasteiger partial charge in [0.25, 0.3) is 0 Å². The second-order valence-corrected chi connectivity index (χ2v) is 4.61. The average Bonchev–Trinajstić information content (AvgIpc) is 2.73. The van der Waals surface area contributed by atoms with Crippen molar-refractivity contribution in [1.82, 2.24) is 15.0 Å². The number of H-pyrrole nitrogens is 1. The van der Waals surface area contributed by atoms with Gasteiger partial charge in [0.15, 0.2) is 0 Å². The minimum Gasteiger partial charge on any atom is -0.397 e. The molecule has 1 aromatic carbocycles. The fraction of sp³-hybridized carbons (Fsp3) is 0.143. The number of rotatable bonds is 2. The number of fused-ring (bicyclic) bond motifs is 1. The van der Waals surface area contributed by atoms with Crippen molar-refractivity contribution in [3.8, 4) is 0 Å². The summed E-state index contributed by atoms with van der Waals surface area (Å²) in [6.45, 7) is 3.90. The van der Waals surface area contributed by atoms with Gasteiger partial charge in [0.1, 0.15) is 11.6 Å². The van der Waals surface area contributed by atoms with Gasteiger partial charge in [-0.25, -0.2) is 9.97 Å². The molecule has 0 amide bonds. The van der Waals surface area contributed by atoms with Crippen molar-refractivity contribution in [3.63, 3.8) is 0 Å². The smallest absolute Gasteiger partial charge is 0.130 e. The SMILES string of the molecule is Cc1nc2ccc(Nc3cc(C)c(N)cn3)cc2[nH]1. The second kappa shape index (κ2) is 4.28. The van der Waals surface area contributed by atoms with E-state index in [0.717, 1.165) is 33.9 Å². The number of pyridine rings is 1. The Morgan fingerprint density at radius 2 is 2.05 bits per heavy atom. The largest absolute Gasteiger partial charge is 0.397 e. The summed E-state index contributed by atoms with van der Waals surface area (Å²) >= 11 is 0. The van der Waals surface area contributed by atoms with Crippen LogP contribution in [-0.4, -0.2) is 15.0 Å². The predicted molar refractivity (Wildman–Crippen MR) is 77.5 cm³/mol. The standard InChI is InChI=1S/C14H15N5/c1-8-5-14(16-7-11(8)15)19-10-3-4-12-13(6-10)18-9(2)17-12/h3-7H,15H2,1-2H3,(H,16,19)(H,17,18). The second-order valence-electron chi connectivity index (χ2n) is 4.61. The number of nitrogen functional groups attached to an aromatic ring is 1. The van der Waals surface area contributed by atoms with Crippen LogP contribution in [0.4, 0.5) is 17.2 Å². The number of imidazole rings is 1. The first-order chi connectivity index (χ1) is 9.11. The Kier molecular flexibility index (Phi) is 2.59. The molecule has 0 aliphatic heterocycles. The van der Waals surface area contributed by atoms with Crippen LogP contribution < -0.4 is 11.1 Å². The van der Waals surface area contributed by atoms with Gasteiger partial charge in [-0.3, -0.25) is 0 Å². The lowest BCUT2D eigenvalue weighted by Gasteiger charge is -2.07. The average molecular weight is 253 g/mol. The van der Waals surface area contributed by atoms with Gasteiger partial charge in [0.2, 0.25) is 0 Å². The molecular weight excluding hydrogens is 238 g/mol. The Morgan fingerprint density at radius 1 is 1.21 bits per heavy atom. The topological polar surface area (TPSA) is 79.6 Å². The van der Waals surface area contributed by atoms with Crippen molar-refractivity contribution >= 4 is 28.2 Å². The number of benzene rings is 1. The Bertz CT molecular complexity index is 745. The Balaban J connectivity index is 1.93. The molecule has 4 N–H and O–H groups in total. The van der Waals surface area contributed by atoms with Crippen LogP contribution in [0.3, 0.4) is 0 Å². The van der Waals surface area contributed by atoms with Crippen LogP contribution in [-0.2, 0) is 0 Å². The van der Waals surface area contributed by atoms with Gasteiger partial charge in [-0.05, 0) is 43.7 Å². The van der Waals surface area contributed by atoms with E-state index in [4.69, 9.17) is 5.73 Å². The monoisotopic (exact) mass is 253 g/mol. The predicted octanol–water partition coefficient (Wildman–Crippen LogP) is 2.90. The molecular formula is C14H15N5. The quantitative estimate of drug-likeness (QED) is 0.656. The van der Waals surface area contributed by atoms with Crippen LogP contribution >= 0.6 is 0 Å². The molecule has 0 aliphatic carbocycles. The van der Waals surface area contributed by atoms with Gasteiger partial charge >= 0.3 is 0 Å². The molecule has 0 bridgehead atoms. The molecule has 3 aromatic rings. The maximum Gasteiger partial charge on any atom is 0.130 e. The third kappa shape index (κ3) is 2.22. The number of aryl methyl sites for hydroxylation is 2. The van der Waals surface area contributed by atoms with E-state index in [1.54, 1.807) is 6.20 Å². The van der Waals surface area contributed by atoms with Crippen molar-refractivity contribution in [2.45, 2.75) is 13.8 Å². The van der Waals surface area contributed by atoms with Crippen LogP contribution in [0.2, 0.25) is 0 Å². The molecule has 2 heterocycles. The van der Waals surface area contributed by atoms with E-state index < -0.39 is 0 Å². The molecule has 0 atom stereocenters. The number of nitrogens with zero attached hydrogens (tertiary/aromatic N) is 2. The van der Waals surface area contributed by atoms with E-state index in [1.807, 2.05) is 38.1 Å². The number of nitrogens with one attached hydrogen (secondary N) is 2. The maximum atomic E-state index is 5.76. The molecule has 96 valence electrons. The van der Waals surface area contributed by atoms with E-state index in [0.29, 0.717) is 5.69 Å². The highest BCUT2D eigenvalue weighted by Crippen LogP contribution is 2.21. The lowest BCUT2D eigenvalue weighted by atomic mass is 10.2. The summed E-state index contributed by atoms with van der Waals surface area (Å²) in [6.07, 6.45) is 1.66. The number of anilines is 3. The molecule has 0 aliphatic rings. The van der Waals surface area contributed by atoms with Crippen molar-refractivity contribution in [2.24, 2.45) is 0 Å². The molecule has 0 unspecified atom stereocenters. The number of aromatic amines is 1. The number of nitrogens with two attached hydrogens (primary N) is 1. The van der Waals surface area contributed by atoms with E-state index in [1.165, 1.54) is 0 Å². The first-order valence-electron chi connectivity index (χ1n) is 6.07. The zero-order valence-corrected chi connectivity index (χ0v) is 10.9. The molecule has 5 heteroatoms. The van der Waals surface area contributed by atoms with Crippen LogP contribution in [0.1, 0.15) is 11.4 Å². The highest BCUT2D eigenvalue weighted by atomic mass is 15.0. The number of aromatic nitrogens is 3. The van der Waals surface area contributed by atoms with E-state index in [-0.39, 0.29) is 0 Å². The number of hydrogen-bond acceptors (Lipinski definition) is 4. The molecule has 0 fully saturated rings. The van der Waals surface area contributed by atoms with Gasteiger partial charge in [-0.2, -0.15) is 0 Å². The Morgan fingerprint density at radius 3 is 2.84 bits per heavy atom. The summed E-state index contributed by atoms with van der Waals surface area (Å²) < 4.78 is 0. The van der Waals surface area contributed by atoms with Gasteiger partial charge < -0.3 is 16.0 Å². The van der Waals surface area contributed by atoms with Crippen LogP contribution in [0.25, 0.3) is 11.0 Å². The van der Waals surface area contributed by atoms with Crippen LogP contribution in [0.15, 0.2) is 30.5 Å². The molecule has 0 spiro atoms. The summed E-state index contributed by atoms with van der Waals surface area (Å²) in [5.74, 6) is 1.69. The minimum absolute atomic E-state index is 0.699. The van der Waals surface area contributed by atoms with Crippen molar-refractivity contribution in [3.05, 3.63) is 41.9 Å². The van der Waals surface area contributed by atoms with Crippen molar-refractivity contribution in [2.75, 3.05) is 11.1 Å². The first kappa shape index (κ1) is 11.5. The van der Waals surface area contributed by atoms with Gasteiger partial charge in [0.05, 0.1) is 22.9 Å². The molecule has 0 saturated carbocycles. The van der Waals surface area contributed by atoms with Gasteiger partial charge in [-0.1, -0.05) is 0 Å². The van der Waals surface area contributed by atoms with Crippen molar-refractivity contribution < 1.29 is 0 Å². The molecule has 2 aromatic heterocycles. The van der Waals surface area contributed by atoms with E-state index in [9.17, 15) is 0 Å². The Hall–Kier alpha value is -2.56. The van der Waals surface area contributed by atoms with Gasteiger partial charge in [0, 0.05) is 5.69 Å². The summed E-state index contributed by atoms with van der Waals surface area (Å²) in [5.41, 5.74) is 10.4.